The summed E-state index contributed by atoms with van der Waals surface area (Å²) in [6.07, 6.45) is -1.41. The number of phenolic OH excluding ortho intramolecular Hbond substituents is 1. The first-order valence-electron chi connectivity index (χ1n) is 9.95. The summed E-state index contributed by atoms with van der Waals surface area (Å²) in [5.74, 6) is -1.02. The summed E-state index contributed by atoms with van der Waals surface area (Å²) in [6.45, 7) is 1.18. The van der Waals surface area contributed by atoms with Crippen LogP contribution in [0.25, 0.3) is 22.2 Å². The lowest BCUT2D eigenvalue weighted by Crippen LogP contribution is -2.44. The van der Waals surface area contributed by atoms with Gasteiger partial charge in [-0.2, -0.15) is 13.2 Å². The number of anilines is 1. The molecule has 0 aliphatic carbocycles. The molecule has 1 fully saturated rings. The molecule has 0 bridgehead atoms. The number of benzene rings is 1. The molecule has 4 rings (SSSR count). The van der Waals surface area contributed by atoms with E-state index in [2.05, 4.69) is 20.5 Å². The number of hydrogen-bond acceptors (Lipinski definition) is 7. The lowest BCUT2D eigenvalue weighted by molar-refractivity contribution is -0.139. The molecule has 1 saturated heterocycles. The zero-order valence-electron chi connectivity index (χ0n) is 16.8. The number of aliphatic carboxylic acids is 1. The number of fused-ring (bicyclic) bond motifs is 1. The van der Waals surface area contributed by atoms with E-state index < -0.39 is 23.5 Å². The fraction of sp³-hybridized carbons (Fsp3) is 0.333. The Balaban J connectivity index is 1.66. The highest BCUT2D eigenvalue weighted by Gasteiger charge is 2.31. The van der Waals surface area contributed by atoms with Crippen molar-refractivity contribution >= 4 is 22.7 Å². The van der Waals surface area contributed by atoms with Crippen LogP contribution in [0.2, 0.25) is 0 Å². The maximum absolute atomic E-state index is 12.9. The molecule has 0 amide bonds. The first-order chi connectivity index (χ1) is 15.2. The number of carbonyl (C=O) groups is 1. The third kappa shape index (κ3) is 4.57. The second kappa shape index (κ2) is 8.58. The van der Waals surface area contributed by atoms with Gasteiger partial charge >= 0.3 is 12.1 Å². The van der Waals surface area contributed by atoms with E-state index in [1.807, 2.05) is 4.90 Å². The van der Waals surface area contributed by atoms with Gasteiger partial charge in [-0.05, 0) is 49.7 Å². The normalized spacial score (nSPS) is 17.4. The van der Waals surface area contributed by atoms with Crippen molar-refractivity contribution in [1.29, 1.82) is 0 Å². The predicted molar refractivity (Wildman–Crippen MR) is 110 cm³/mol. The summed E-state index contributed by atoms with van der Waals surface area (Å²) in [6, 6.07) is 6.07. The van der Waals surface area contributed by atoms with Gasteiger partial charge in [-0.15, -0.1) is 10.2 Å². The Hall–Kier alpha value is -3.47. The van der Waals surface area contributed by atoms with E-state index in [0.717, 1.165) is 25.0 Å². The Labute approximate surface area is 180 Å². The van der Waals surface area contributed by atoms with Gasteiger partial charge in [0.05, 0.1) is 12.1 Å². The minimum atomic E-state index is -4.58. The number of pyridine rings is 1. The van der Waals surface area contributed by atoms with Gasteiger partial charge in [-0.1, -0.05) is 0 Å². The van der Waals surface area contributed by atoms with Crippen LogP contribution in [-0.2, 0) is 11.0 Å². The van der Waals surface area contributed by atoms with Gasteiger partial charge < -0.3 is 15.5 Å². The van der Waals surface area contributed by atoms with Gasteiger partial charge in [-0.3, -0.25) is 14.7 Å². The zero-order valence-corrected chi connectivity index (χ0v) is 16.8. The molecule has 168 valence electrons. The van der Waals surface area contributed by atoms with Crippen molar-refractivity contribution in [2.75, 3.05) is 25.0 Å². The van der Waals surface area contributed by atoms with Crippen LogP contribution in [0.1, 0.15) is 18.4 Å². The fourth-order valence-corrected chi connectivity index (χ4v) is 3.88. The molecule has 1 atom stereocenters. The molecule has 0 spiro atoms. The van der Waals surface area contributed by atoms with E-state index in [9.17, 15) is 23.1 Å². The van der Waals surface area contributed by atoms with Crippen LogP contribution in [0.15, 0.2) is 36.5 Å². The number of alkyl halides is 3. The van der Waals surface area contributed by atoms with Gasteiger partial charge in [0.15, 0.2) is 5.82 Å². The minimum Gasteiger partial charge on any atom is -0.507 e. The number of nitrogens with zero attached hydrogens (tertiary/aromatic N) is 4. The van der Waals surface area contributed by atoms with E-state index in [4.69, 9.17) is 5.11 Å². The van der Waals surface area contributed by atoms with Crippen molar-refractivity contribution in [3.63, 3.8) is 0 Å². The number of carboxylic acid groups (broad SMARTS) is 1. The highest BCUT2D eigenvalue weighted by atomic mass is 19.4. The number of halogens is 3. The van der Waals surface area contributed by atoms with E-state index in [-0.39, 0.29) is 23.8 Å². The molecule has 1 unspecified atom stereocenters. The number of nitrogens with one attached hydrogen (secondary N) is 1. The van der Waals surface area contributed by atoms with Crippen LogP contribution in [0.4, 0.5) is 19.0 Å². The van der Waals surface area contributed by atoms with E-state index >= 15 is 0 Å². The van der Waals surface area contributed by atoms with E-state index in [1.165, 1.54) is 6.20 Å². The van der Waals surface area contributed by atoms with Crippen molar-refractivity contribution in [3.05, 3.63) is 42.1 Å². The standard InChI is InChI=1S/C21H20F3N5O3/c22-21(23,24)12-5-6-14(16(30)9-12)19-18-15(4-1-7-25-18)20(28-27-19)26-13-3-2-8-29(10-13)11-17(31)32/h1,4-7,9,13,30H,2-3,8,10-11H2,(H,26,28)(H,31,32). The number of aromatic nitrogens is 3. The average molecular weight is 447 g/mol. The van der Waals surface area contributed by atoms with Crippen LogP contribution in [0.3, 0.4) is 0 Å². The lowest BCUT2D eigenvalue weighted by atomic mass is 10.0. The summed E-state index contributed by atoms with van der Waals surface area (Å²) in [5.41, 5.74) is -0.344. The Morgan fingerprint density at radius 3 is 2.78 bits per heavy atom. The Kier molecular flexibility index (Phi) is 5.83. The molecule has 1 aliphatic rings. The summed E-state index contributed by atoms with van der Waals surface area (Å²) >= 11 is 0. The monoisotopic (exact) mass is 447 g/mol. The van der Waals surface area contributed by atoms with Crippen LogP contribution in [0, 0.1) is 0 Å². The smallest absolute Gasteiger partial charge is 0.416 e. The predicted octanol–water partition coefficient (Wildman–Crippen LogP) is 3.38. The number of hydrogen-bond donors (Lipinski definition) is 3. The summed E-state index contributed by atoms with van der Waals surface area (Å²) in [4.78, 5) is 17.2. The maximum atomic E-state index is 12.9. The van der Waals surface area contributed by atoms with Crippen LogP contribution in [0.5, 0.6) is 5.75 Å². The van der Waals surface area contributed by atoms with Crippen molar-refractivity contribution < 1.29 is 28.2 Å². The third-order valence-electron chi connectivity index (χ3n) is 5.32. The SMILES string of the molecule is O=C(O)CN1CCCC(Nc2nnc(-c3ccc(C(F)(F)F)cc3O)c3ncccc23)C1. The second-order valence-corrected chi connectivity index (χ2v) is 7.64. The van der Waals surface area contributed by atoms with Crippen molar-refractivity contribution in [3.8, 4) is 17.0 Å². The molecule has 3 N–H and O–H groups in total. The molecule has 2 aromatic heterocycles. The Morgan fingerprint density at radius 2 is 2.06 bits per heavy atom. The largest absolute Gasteiger partial charge is 0.507 e. The number of likely N-dealkylation sites (tertiary alicyclic amines) is 1. The fourth-order valence-electron chi connectivity index (χ4n) is 3.88. The number of aromatic hydroxyl groups is 1. The number of piperidine rings is 1. The quantitative estimate of drug-likeness (QED) is 0.546. The second-order valence-electron chi connectivity index (χ2n) is 7.64. The zero-order chi connectivity index (χ0) is 22.9. The van der Waals surface area contributed by atoms with Crippen LogP contribution in [-0.4, -0.2) is 61.9 Å². The van der Waals surface area contributed by atoms with Crippen LogP contribution >= 0.6 is 0 Å². The van der Waals surface area contributed by atoms with Gasteiger partial charge in [0.25, 0.3) is 0 Å². The van der Waals surface area contributed by atoms with Crippen molar-refractivity contribution in [2.45, 2.75) is 25.1 Å². The molecule has 32 heavy (non-hydrogen) atoms. The molecule has 1 aromatic carbocycles. The molecular weight excluding hydrogens is 427 g/mol. The Morgan fingerprint density at radius 1 is 1.25 bits per heavy atom. The number of rotatable bonds is 5. The van der Waals surface area contributed by atoms with Gasteiger partial charge in [-0.25, -0.2) is 0 Å². The first kappa shape index (κ1) is 21.8. The Bertz CT molecular complexity index is 1160. The van der Waals surface area contributed by atoms with Crippen LogP contribution < -0.4 is 5.32 Å². The summed E-state index contributed by atoms with van der Waals surface area (Å²) in [5, 5.41) is 31.5. The minimum absolute atomic E-state index is 0.0434. The van der Waals surface area contributed by atoms with E-state index in [1.54, 1.807) is 12.1 Å². The lowest BCUT2D eigenvalue weighted by Gasteiger charge is -2.32. The maximum Gasteiger partial charge on any atom is 0.416 e. The number of carboxylic acids is 1. The topological polar surface area (TPSA) is 111 Å². The average Bonchev–Trinajstić information content (AvgIpc) is 2.73. The highest BCUT2D eigenvalue weighted by Crippen LogP contribution is 2.38. The van der Waals surface area contributed by atoms with Crippen molar-refractivity contribution in [2.24, 2.45) is 0 Å². The molecule has 0 radical (unpaired) electrons. The van der Waals surface area contributed by atoms with Gasteiger partial charge in [0, 0.05) is 29.7 Å². The summed E-state index contributed by atoms with van der Waals surface area (Å²) < 4.78 is 38.8. The van der Waals surface area contributed by atoms with E-state index in [0.29, 0.717) is 35.9 Å². The number of phenols is 1. The summed E-state index contributed by atoms with van der Waals surface area (Å²) in [7, 11) is 0. The first-order valence-corrected chi connectivity index (χ1v) is 9.95. The molecule has 11 heteroatoms. The third-order valence-corrected chi connectivity index (χ3v) is 5.32. The van der Waals surface area contributed by atoms with Gasteiger partial charge in [0.2, 0.25) is 0 Å². The molecule has 3 aromatic rings. The highest BCUT2D eigenvalue weighted by molar-refractivity contribution is 5.98. The molecule has 8 nitrogen and oxygen atoms in total. The van der Waals surface area contributed by atoms with Crippen molar-refractivity contribution in [1.82, 2.24) is 20.1 Å². The van der Waals surface area contributed by atoms with Gasteiger partial charge in [0.1, 0.15) is 17.0 Å². The molecular formula is C21H20F3N5O3. The molecule has 0 saturated carbocycles. The molecule has 3 heterocycles. The molecule has 1 aliphatic heterocycles.